The number of ether oxygens (including phenoxy) is 6. The summed E-state index contributed by atoms with van der Waals surface area (Å²) in [4.78, 5) is 22.9. The van der Waals surface area contributed by atoms with Crippen molar-refractivity contribution in [1.82, 2.24) is 0 Å². The number of aliphatic carboxylic acids is 1. The lowest BCUT2D eigenvalue weighted by Crippen LogP contribution is -2.65. The van der Waals surface area contributed by atoms with Gasteiger partial charge < -0.3 is 84.6 Å². The second-order valence-electron chi connectivity index (χ2n) is 11.4. The molecule has 11 atom stereocenters. The molecule has 0 radical (unpaired) electrons. The number of esters is 1. The third kappa shape index (κ3) is 7.59. The second kappa shape index (κ2) is 14.6. The number of aliphatic hydroxyl groups is 7. The quantitative estimate of drug-likeness (QED) is 0.0529. The summed E-state index contributed by atoms with van der Waals surface area (Å²) in [6.45, 7) is -1.63. The van der Waals surface area contributed by atoms with Crippen LogP contribution >= 0.6 is 0 Å². The highest BCUT2D eigenvalue weighted by atomic mass is 16.7. The van der Waals surface area contributed by atoms with Crippen molar-refractivity contribution in [2.45, 2.75) is 73.9 Å². The summed E-state index contributed by atoms with van der Waals surface area (Å²) < 4.78 is 32.1. The fourth-order valence-corrected chi connectivity index (χ4v) is 5.45. The zero-order valence-electron chi connectivity index (χ0n) is 25.2. The van der Waals surface area contributed by atoms with Crippen molar-refractivity contribution in [2.75, 3.05) is 13.2 Å². The van der Waals surface area contributed by atoms with Gasteiger partial charge in [0.15, 0.2) is 23.5 Å². The van der Waals surface area contributed by atoms with Gasteiger partial charge in [0.1, 0.15) is 78.9 Å². The first kappa shape index (κ1) is 35.9. The number of carboxylic acids is 1. The molecule has 2 aromatic carbocycles. The molecule has 5 rings (SSSR count). The Kier molecular flexibility index (Phi) is 10.7. The van der Waals surface area contributed by atoms with Gasteiger partial charge in [-0.1, -0.05) is 0 Å². The Morgan fingerprint density at radius 2 is 1.51 bits per heavy atom. The SMILES string of the molecule is O=C(O)CC(=O)OC[C@H]1O[C@@H](OC2=Cc3c(O)cc(O)cc3[OH+]C2c2ccc(O)c(O)c2)[C@H](O)[C@H](O[C@@H]2O[C@H](CO)[C@@H](O)[C@H](O)[C@H]2O)[C@@H]1O. The maximum atomic E-state index is 12.0. The van der Waals surface area contributed by atoms with Gasteiger partial charge in [0.2, 0.25) is 6.29 Å². The van der Waals surface area contributed by atoms with Gasteiger partial charge in [-0.15, -0.1) is 0 Å². The summed E-state index contributed by atoms with van der Waals surface area (Å²) in [5.41, 5.74) is 0.249. The highest BCUT2D eigenvalue weighted by Crippen LogP contribution is 2.46. The van der Waals surface area contributed by atoms with Crippen LogP contribution < -0.4 is 0 Å². The van der Waals surface area contributed by atoms with Gasteiger partial charge in [0, 0.05) is 12.1 Å². The highest BCUT2D eigenvalue weighted by Gasteiger charge is 2.52. The average Bonchev–Trinajstić information content (AvgIpc) is 3.04. The number of carbonyl (C=O) groups is 2. The minimum Gasteiger partial charge on any atom is -0.571 e. The Morgan fingerprint density at radius 1 is 0.796 bits per heavy atom. The van der Waals surface area contributed by atoms with Crippen LogP contribution in [0.25, 0.3) is 6.08 Å². The van der Waals surface area contributed by atoms with Gasteiger partial charge in [0.25, 0.3) is 11.9 Å². The van der Waals surface area contributed by atoms with Crippen LogP contribution in [0.4, 0.5) is 0 Å². The van der Waals surface area contributed by atoms with Crippen LogP contribution in [0.5, 0.6) is 28.7 Å². The predicted octanol–water partition coefficient (Wildman–Crippen LogP) is -2.49. The van der Waals surface area contributed by atoms with E-state index in [1.54, 1.807) is 0 Å². The van der Waals surface area contributed by atoms with E-state index in [1.807, 2.05) is 0 Å². The summed E-state index contributed by atoms with van der Waals surface area (Å²) in [5.74, 6) is -4.58. The summed E-state index contributed by atoms with van der Waals surface area (Å²) in [7, 11) is 0. The Morgan fingerprint density at radius 3 is 2.18 bits per heavy atom. The number of hydrogen-bond donors (Lipinski definition) is 11. The molecule has 19 heteroatoms. The number of rotatable bonds is 10. The Bertz CT molecular complexity index is 1560. The normalized spacial score (nSPS) is 32.7. The molecule has 0 amide bonds. The monoisotopic (exact) mass is 699 g/mol. The van der Waals surface area contributed by atoms with Crippen LogP contribution in [-0.2, 0) is 33.3 Å². The highest BCUT2D eigenvalue weighted by molar-refractivity contribution is 5.90. The number of hydrogen-bond acceptors (Lipinski definition) is 17. The van der Waals surface area contributed by atoms with Crippen molar-refractivity contribution in [3.63, 3.8) is 0 Å². The van der Waals surface area contributed by atoms with Crippen molar-refractivity contribution in [3.05, 3.63) is 47.2 Å². The molecule has 3 heterocycles. The number of fused-ring (bicyclic) bond motifs is 1. The molecular weight excluding hydrogens is 664 g/mol. The van der Waals surface area contributed by atoms with E-state index in [4.69, 9.17) is 28.8 Å². The largest absolute Gasteiger partial charge is 0.571 e. The Labute approximate surface area is 275 Å². The zero-order chi connectivity index (χ0) is 35.7. The van der Waals surface area contributed by atoms with Crippen molar-refractivity contribution >= 4 is 18.0 Å². The van der Waals surface area contributed by atoms with E-state index in [2.05, 4.69) is 4.74 Å². The lowest BCUT2D eigenvalue weighted by molar-refractivity contribution is -0.358. The van der Waals surface area contributed by atoms with Gasteiger partial charge in [-0.05, 0) is 18.2 Å². The molecule has 0 aromatic heterocycles. The number of phenols is 4. The molecule has 12 N–H and O–H groups in total. The molecule has 2 saturated heterocycles. The molecule has 3 aliphatic rings. The summed E-state index contributed by atoms with van der Waals surface area (Å²) in [5, 5.41) is 112. The standard InChI is InChI=1S/C30H34O19/c31-8-18-22(39)24(41)25(42)29(47-18)49-28-23(40)19(9-44-21(38)7-20(36)37)48-30(26(28)43)46-17-6-12-14(34)4-11(32)5-16(12)45-27(17)10-1-2-13(33)15(35)3-10/h1-6,18-19,22-35,39-43H,7-9H2,(H,36,37)/p+1/t18-,19-,22-,23-,24+,25-,26-,27?,28-,29+,30-/m1/s1. The Balaban J connectivity index is 1.49. The summed E-state index contributed by atoms with van der Waals surface area (Å²) in [6.07, 6.45) is -19.1. The van der Waals surface area contributed by atoms with Crippen LogP contribution in [0.1, 0.15) is 23.7 Å². The van der Waals surface area contributed by atoms with E-state index in [0.717, 1.165) is 18.2 Å². The fraction of sp³-hybridized carbons (Fsp3) is 0.467. The van der Waals surface area contributed by atoms with Crippen LogP contribution in [0.2, 0.25) is 0 Å². The van der Waals surface area contributed by atoms with Crippen LogP contribution in [0, 0.1) is 0 Å². The first-order valence-electron chi connectivity index (χ1n) is 14.7. The molecule has 3 aliphatic heterocycles. The van der Waals surface area contributed by atoms with Crippen molar-refractivity contribution in [1.29, 1.82) is 0 Å². The van der Waals surface area contributed by atoms with Crippen LogP contribution in [-0.4, -0.2) is 147 Å². The van der Waals surface area contributed by atoms with E-state index in [-0.39, 0.29) is 28.4 Å². The molecule has 0 bridgehead atoms. The number of carboxylic acid groups (broad SMARTS) is 1. The fourth-order valence-electron chi connectivity index (χ4n) is 5.45. The van der Waals surface area contributed by atoms with Gasteiger partial charge in [-0.2, -0.15) is 0 Å². The smallest absolute Gasteiger partial charge is 0.317 e. The third-order valence-electron chi connectivity index (χ3n) is 8.00. The molecule has 2 fully saturated rings. The molecule has 19 nitrogen and oxygen atoms in total. The van der Waals surface area contributed by atoms with E-state index in [9.17, 15) is 60.7 Å². The van der Waals surface area contributed by atoms with Gasteiger partial charge in [0.05, 0.1) is 18.2 Å². The molecule has 268 valence electrons. The van der Waals surface area contributed by atoms with E-state index >= 15 is 0 Å². The average molecular weight is 700 g/mol. The van der Waals surface area contributed by atoms with Crippen LogP contribution in [0.15, 0.2) is 36.1 Å². The zero-order valence-corrected chi connectivity index (χ0v) is 25.2. The molecule has 0 spiro atoms. The van der Waals surface area contributed by atoms with Crippen LogP contribution in [0.3, 0.4) is 0 Å². The maximum Gasteiger partial charge on any atom is 0.317 e. The maximum absolute atomic E-state index is 12.0. The number of phenolic OH excluding ortho intramolecular Hbond substituents is 4. The molecular formula is C30H35O19+. The third-order valence-corrected chi connectivity index (χ3v) is 8.00. The second-order valence-corrected chi connectivity index (χ2v) is 11.4. The van der Waals surface area contributed by atoms with E-state index in [1.165, 1.54) is 18.2 Å². The minimum absolute atomic E-state index is 0.0469. The molecule has 1 unspecified atom stereocenters. The number of carbonyl (C=O) groups excluding carboxylic acids is 1. The number of benzene rings is 2. The molecule has 2 aromatic rings. The molecule has 49 heavy (non-hydrogen) atoms. The summed E-state index contributed by atoms with van der Waals surface area (Å²) in [6, 6.07) is 5.91. The minimum atomic E-state index is -2.00. The first-order chi connectivity index (χ1) is 23.2. The lowest BCUT2D eigenvalue weighted by atomic mass is 9.96. The van der Waals surface area contributed by atoms with Gasteiger partial charge in [-0.25, -0.2) is 0 Å². The van der Waals surface area contributed by atoms with E-state index in [0.29, 0.717) is 0 Å². The number of aliphatic hydroxyl groups excluding tert-OH is 6. The summed E-state index contributed by atoms with van der Waals surface area (Å²) >= 11 is 0. The van der Waals surface area contributed by atoms with Crippen molar-refractivity contribution in [2.24, 2.45) is 0 Å². The Hall–Kier alpha value is -4.44. The first-order valence-corrected chi connectivity index (χ1v) is 14.7. The topological polar surface area (TPSA) is 316 Å². The predicted molar refractivity (Wildman–Crippen MR) is 156 cm³/mol. The van der Waals surface area contributed by atoms with Crippen molar-refractivity contribution in [3.8, 4) is 28.7 Å². The van der Waals surface area contributed by atoms with E-state index < -0.39 is 116 Å². The molecule has 0 saturated carbocycles. The lowest BCUT2D eigenvalue weighted by Gasteiger charge is -2.46. The van der Waals surface area contributed by atoms with Crippen molar-refractivity contribution < 1.29 is 94.2 Å². The molecule has 0 aliphatic carbocycles. The van der Waals surface area contributed by atoms with Gasteiger partial charge in [-0.3, -0.25) is 9.59 Å². The van der Waals surface area contributed by atoms with Gasteiger partial charge >= 0.3 is 11.9 Å². The number of aromatic hydroxyl groups is 5.